The number of likely N-dealkylation sites (tertiary alicyclic amines) is 1. The number of carbonyl (C=O) groups excluding carboxylic acids is 4. The molecule has 0 radical (unpaired) electrons. The molecule has 4 aliphatic rings. The summed E-state index contributed by atoms with van der Waals surface area (Å²) in [5.74, 6) is -4.55. The van der Waals surface area contributed by atoms with Gasteiger partial charge in [-0.15, -0.1) is 0 Å². The summed E-state index contributed by atoms with van der Waals surface area (Å²) < 4.78 is 19.7. The number of quaternary nitrogens is 1. The van der Waals surface area contributed by atoms with Crippen molar-refractivity contribution >= 4 is 29.3 Å². The molecule has 5 rings (SSSR count). The minimum Gasteiger partial charge on any atom is -0.376 e. The molecule has 0 bridgehead atoms. The maximum absolute atomic E-state index is 14.1. The number of amides is 4. The smallest absolute Gasteiger partial charge is 0.291 e. The number of primary amides is 1. The Morgan fingerprint density at radius 1 is 1.33 bits per heavy atom. The summed E-state index contributed by atoms with van der Waals surface area (Å²) in [7, 11) is 0. The van der Waals surface area contributed by atoms with E-state index in [9.17, 15) is 23.6 Å². The SMILES string of the molecule is NC(=O)C[C@@H]1[NH2+][C@@]2(C(=O)Nc3ccc(F)cc32)[C@H]2C(=O)N(C[C@@H]3CCCO3)C(=O)[C@@H]12. The molecule has 5 N–H and O–H groups in total. The van der Waals surface area contributed by atoms with E-state index >= 15 is 0 Å². The first-order valence-corrected chi connectivity index (χ1v) is 10.1. The molecule has 9 nitrogen and oxygen atoms in total. The van der Waals surface area contributed by atoms with Crippen LogP contribution in [0.4, 0.5) is 10.1 Å². The molecular formula is C20H22FN4O5+. The van der Waals surface area contributed by atoms with Crippen LogP contribution in [-0.2, 0) is 29.5 Å². The number of imide groups is 1. The van der Waals surface area contributed by atoms with Crippen LogP contribution in [0.25, 0.3) is 0 Å². The van der Waals surface area contributed by atoms with Gasteiger partial charge in [-0.25, -0.2) is 4.39 Å². The Bertz CT molecular complexity index is 978. The summed E-state index contributed by atoms with van der Waals surface area (Å²) in [4.78, 5) is 52.7. The highest BCUT2D eigenvalue weighted by atomic mass is 19.1. The van der Waals surface area contributed by atoms with E-state index in [1.54, 1.807) is 5.32 Å². The molecule has 4 amide bonds. The topological polar surface area (TPSA) is 135 Å². The first kappa shape index (κ1) is 19.1. The van der Waals surface area contributed by atoms with Gasteiger partial charge in [0.25, 0.3) is 5.91 Å². The molecule has 1 aromatic carbocycles. The number of ether oxygens (including phenoxy) is 1. The number of halogens is 1. The third kappa shape index (κ3) is 2.53. The van der Waals surface area contributed by atoms with Crippen LogP contribution in [0.3, 0.4) is 0 Å². The molecule has 3 saturated heterocycles. The van der Waals surface area contributed by atoms with Gasteiger partial charge in [0.15, 0.2) is 0 Å². The maximum atomic E-state index is 14.1. The molecule has 1 aromatic rings. The zero-order valence-electron chi connectivity index (χ0n) is 16.1. The van der Waals surface area contributed by atoms with Gasteiger partial charge in [-0.3, -0.25) is 24.1 Å². The van der Waals surface area contributed by atoms with Crippen molar-refractivity contribution in [1.29, 1.82) is 0 Å². The zero-order valence-corrected chi connectivity index (χ0v) is 16.1. The lowest BCUT2D eigenvalue weighted by molar-refractivity contribution is -0.732. The highest BCUT2D eigenvalue weighted by Gasteiger charge is 2.74. The molecular weight excluding hydrogens is 395 g/mol. The Kier molecular flexibility index (Phi) is 4.19. The lowest BCUT2D eigenvalue weighted by Crippen LogP contribution is -2.99. The van der Waals surface area contributed by atoms with Crippen LogP contribution in [0.5, 0.6) is 0 Å². The van der Waals surface area contributed by atoms with Crippen molar-refractivity contribution in [2.24, 2.45) is 17.6 Å². The van der Waals surface area contributed by atoms with E-state index in [4.69, 9.17) is 10.5 Å². The summed E-state index contributed by atoms with van der Waals surface area (Å²) in [5.41, 5.74) is 4.59. The number of fused-ring (bicyclic) bond motifs is 4. The molecule has 0 aliphatic carbocycles. The monoisotopic (exact) mass is 417 g/mol. The molecule has 3 fully saturated rings. The normalized spacial score (nSPS) is 34.6. The fourth-order valence-corrected chi connectivity index (χ4v) is 5.59. The summed E-state index contributed by atoms with van der Waals surface area (Å²) in [6, 6.07) is 3.18. The number of carbonyl (C=O) groups is 4. The molecule has 4 aliphatic heterocycles. The standard InChI is InChI=1S/C20H21FN4O5/c21-9-3-4-12-11(6-9)20(19(29)23-12)16-15(13(24-20)7-14(22)26)17(27)25(18(16)28)8-10-2-1-5-30-10/h3-4,6,10,13,15-16,24H,1-2,5,7-8H2,(H2,22,26)(H,23,29)/p+1/t10-,13-,15-,16+,20+/m0/s1. The average molecular weight is 417 g/mol. The van der Waals surface area contributed by atoms with Gasteiger partial charge >= 0.3 is 0 Å². The molecule has 30 heavy (non-hydrogen) atoms. The van der Waals surface area contributed by atoms with Gasteiger partial charge in [0.05, 0.1) is 24.8 Å². The van der Waals surface area contributed by atoms with Gasteiger partial charge in [-0.2, -0.15) is 0 Å². The van der Waals surface area contributed by atoms with Crippen molar-refractivity contribution in [3.63, 3.8) is 0 Å². The van der Waals surface area contributed by atoms with Crippen molar-refractivity contribution in [2.75, 3.05) is 18.5 Å². The van der Waals surface area contributed by atoms with Gasteiger partial charge in [0.1, 0.15) is 23.7 Å². The number of nitrogens with zero attached hydrogens (tertiary/aromatic N) is 1. The van der Waals surface area contributed by atoms with Crippen LogP contribution < -0.4 is 16.4 Å². The van der Waals surface area contributed by atoms with Crippen LogP contribution in [-0.4, -0.2) is 53.8 Å². The Hall–Kier alpha value is -2.85. The maximum Gasteiger partial charge on any atom is 0.291 e. The van der Waals surface area contributed by atoms with Crippen LogP contribution in [0.2, 0.25) is 0 Å². The highest BCUT2D eigenvalue weighted by Crippen LogP contribution is 2.49. The third-order valence-corrected chi connectivity index (χ3v) is 6.77. The van der Waals surface area contributed by atoms with Gasteiger partial charge < -0.3 is 21.1 Å². The largest absolute Gasteiger partial charge is 0.376 e. The summed E-state index contributed by atoms with van der Waals surface area (Å²) in [6.07, 6.45) is 1.18. The quantitative estimate of drug-likeness (QED) is 0.517. The molecule has 0 aromatic heterocycles. The summed E-state index contributed by atoms with van der Waals surface area (Å²) in [6.45, 7) is 0.687. The van der Waals surface area contributed by atoms with E-state index in [1.165, 1.54) is 18.2 Å². The summed E-state index contributed by atoms with van der Waals surface area (Å²) >= 11 is 0. The number of hydrogen-bond donors (Lipinski definition) is 3. The lowest BCUT2D eigenvalue weighted by atomic mass is 9.76. The molecule has 0 saturated carbocycles. The predicted octanol–water partition coefficient (Wildman–Crippen LogP) is -1.43. The van der Waals surface area contributed by atoms with Crippen molar-refractivity contribution < 1.29 is 33.6 Å². The van der Waals surface area contributed by atoms with Gasteiger partial charge in [0, 0.05) is 12.2 Å². The fourth-order valence-electron chi connectivity index (χ4n) is 5.59. The second kappa shape index (κ2) is 6.58. The van der Waals surface area contributed by atoms with E-state index in [0.717, 1.165) is 17.7 Å². The minimum absolute atomic E-state index is 0.113. The van der Waals surface area contributed by atoms with E-state index < -0.39 is 52.9 Å². The Morgan fingerprint density at radius 2 is 2.13 bits per heavy atom. The Balaban J connectivity index is 1.60. The lowest BCUT2D eigenvalue weighted by Gasteiger charge is -2.27. The number of rotatable bonds is 4. The second-order valence-corrected chi connectivity index (χ2v) is 8.44. The van der Waals surface area contributed by atoms with Crippen molar-refractivity contribution in [3.05, 3.63) is 29.6 Å². The molecule has 158 valence electrons. The fraction of sp³-hybridized carbons (Fsp3) is 0.500. The van der Waals surface area contributed by atoms with Gasteiger partial charge in [0.2, 0.25) is 23.3 Å². The van der Waals surface area contributed by atoms with E-state index in [1.807, 2.05) is 0 Å². The molecule has 5 atom stereocenters. The van der Waals surface area contributed by atoms with Crippen molar-refractivity contribution in [3.8, 4) is 0 Å². The number of anilines is 1. The van der Waals surface area contributed by atoms with Crippen LogP contribution >= 0.6 is 0 Å². The minimum atomic E-state index is -1.51. The first-order valence-electron chi connectivity index (χ1n) is 10.1. The van der Waals surface area contributed by atoms with Crippen LogP contribution in [0, 0.1) is 17.7 Å². The second-order valence-electron chi connectivity index (χ2n) is 8.44. The number of benzene rings is 1. The van der Waals surface area contributed by atoms with Gasteiger partial charge in [-0.05, 0) is 31.0 Å². The van der Waals surface area contributed by atoms with E-state index in [0.29, 0.717) is 17.9 Å². The van der Waals surface area contributed by atoms with E-state index in [-0.39, 0.29) is 19.1 Å². The molecule has 10 heteroatoms. The van der Waals surface area contributed by atoms with Gasteiger partial charge in [-0.1, -0.05) is 0 Å². The van der Waals surface area contributed by atoms with Crippen LogP contribution in [0.1, 0.15) is 24.8 Å². The van der Waals surface area contributed by atoms with Crippen molar-refractivity contribution in [1.82, 2.24) is 4.90 Å². The molecule has 0 unspecified atom stereocenters. The Morgan fingerprint density at radius 3 is 2.83 bits per heavy atom. The summed E-state index contributed by atoms with van der Waals surface area (Å²) in [5, 5.41) is 4.27. The Labute approximate surface area is 171 Å². The highest BCUT2D eigenvalue weighted by molar-refractivity contribution is 6.14. The zero-order chi connectivity index (χ0) is 21.2. The number of nitrogens with one attached hydrogen (secondary N) is 1. The molecule has 4 heterocycles. The van der Waals surface area contributed by atoms with E-state index in [2.05, 4.69) is 5.32 Å². The predicted molar refractivity (Wildman–Crippen MR) is 98.9 cm³/mol. The average Bonchev–Trinajstić information content (AvgIpc) is 3.42. The molecule has 1 spiro atoms. The third-order valence-electron chi connectivity index (χ3n) is 6.77. The van der Waals surface area contributed by atoms with Crippen LogP contribution in [0.15, 0.2) is 18.2 Å². The first-order chi connectivity index (χ1) is 14.3. The number of hydrogen-bond acceptors (Lipinski definition) is 5. The number of nitrogens with two attached hydrogens (primary N) is 2. The van der Waals surface area contributed by atoms with Crippen molar-refractivity contribution in [2.45, 2.75) is 36.9 Å².